The van der Waals surface area contributed by atoms with E-state index in [0.717, 1.165) is 43.5 Å². The van der Waals surface area contributed by atoms with Crippen molar-refractivity contribution in [3.05, 3.63) is 23.8 Å². The second kappa shape index (κ2) is 6.64. The molecule has 1 saturated carbocycles. The van der Waals surface area contributed by atoms with Crippen LogP contribution in [0, 0.1) is 5.92 Å². The van der Waals surface area contributed by atoms with E-state index in [1.165, 1.54) is 18.4 Å². The lowest BCUT2D eigenvalue weighted by atomic mass is 10.2. The molecule has 18 heavy (non-hydrogen) atoms. The Hall–Kier alpha value is -1.22. The van der Waals surface area contributed by atoms with Gasteiger partial charge in [-0.3, -0.25) is 0 Å². The third-order valence-electron chi connectivity index (χ3n) is 3.15. The second-order valence-corrected chi connectivity index (χ2v) is 4.91. The molecule has 0 spiro atoms. The van der Waals surface area contributed by atoms with Crippen molar-refractivity contribution in [2.75, 3.05) is 20.3 Å². The number of ether oxygens (including phenoxy) is 2. The Bertz CT molecular complexity index is 375. The zero-order valence-corrected chi connectivity index (χ0v) is 11.4. The van der Waals surface area contributed by atoms with E-state index in [9.17, 15) is 0 Å². The molecular formula is C15H23NO2. The van der Waals surface area contributed by atoms with Gasteiger partial charge in [-0.05, 0) is 49.4 Å². The third kappa shape index (κ3) is 3.91. The monoisotopic (exact) mass is 249 g/mol. The molecule has 1 aliphatic carbocycles. The Balaban J connectivity index is 1.89. The average Bonchev–Trinajstić information content (AvgIpc) is 3.21. The van der Waals surface area contributed by atoms with E-state index in [1.807, 2.05) is 6.07 Å². The van der Waals surface area contributed by atoms with E-state index >= 15 is 0 Å². The van der Waals surface area contributed by atoms with Crippen LogP contribution in [-0.2, 0) is 6.54 Å². The van der Waals surface area contributed by atoms with Gasteiger partial charge in [0.05, 0.1) is 13.7 Å². The van der Waals surface area contributed by atoms with Crippen LogP contribution in [-0.4, -0.2) is 20.3 Å². The van der Waals surface area contributed by atoms with E-state index < -0.39 is 0 Å². The quantitative estimate of drug-likeness (QED) is 0.768. The average molecular weight is 249 g/mol. The first-order valence-electron chi connectivity index (χ1n) is 6.84. The molecule has 1 aliphatic rings. The predicted molar refractivity (Wildman–Crippen MR) is 73.2 cm³/mol. The molecule has 0 amide bonds. The molecule has 0 bridgehead atoms. The van der Waals surface area contributed by atoms with Crippen LogP contribution in [0.25, 0.3) is 0 Å². The van der Waals surface area contributed by atoms with Crippen LogP contribution in [0.3, 0.4) is 0 Å². The van der Waals surface area contributed by atoms with E-state index in [0.29, 0.717) is 0 Å². The van der Waals surface area contributed by atoms with Gasteiger partial charge < -0.3 is 14.8 Å². The molecule has 1 aromatic carbocycles. The predicted octanol–water partition coefficient (Wildman–Crippen LogP) is 2.98. The summed E-state index contributed by atoms with van der Waals surface area (Å²) in [6.07, 6.45) is 3.79. The van der Waals surface area contributed by atoms with Crippen LogP contribution in [0.4, 0.5) is 0 Å². The summed E-state index contributed by atoms with van der Waals surface area (Å²) in [4.78, 5) is 0. The molecule has 0 unspecified atom stereocenters. The van der Waals surface area contributed by atoms with Crippen molar-refractivity contribution in [1.82, 2.24) is 5.32 Å². The van der Waals surface area contributed by atoms with Crippen LogP contribution in [0.15, 0.2) is 18.2 Å². The summed E-state index contributed by atoms with van der Waals surface area (Å²) >= 11 is 0. The van der Waals surface area contributed by atoms with E-state index in [2.05, 4.69) is 24.4 Å². The highest BCUT2D eigenvalue weighted by Crippen LogP contribution is 2.29. The molecule has 0 radical (unpaired) electrons. The largest absolute Gasteiger partial charge is 0.493 e. The molecule has 1 N–H and O–H groups in total. The Morgan fingerprint density at radius 2 is 2.11 bits per heavy atom. The smallest absolute Gasteiger partial charge is 0.161 e. The van der Waals surface area contributed by atoms with Crippen LogP contribution in [0.2, 0.25) is 0 Å². The highest BCUT2D eigenvalue weighted by molar-refractivity contribution is 5.42. The summed E-state index contributed by atoms with van der Waals surface area (Å²) in [5, 5.41) is 3.48. The first kappa shape index (κ1) is 13.2. The van der Waals surface area contributed by atoms with Gasteiger partial charge in [0.25, 0.3) is 0 Å². The van der Waals surface area contributed by atoms with Gasteiger partial charge in [-0.1, -0.05) is 13.0 Å². The van der Waals surface area contributed by atoms with Crippen LogP contribution in [0.1, 0.15) is 31.7 Å². The summed E-state index contributed by atoms with van der Waals surface area (Å²) in [6.45, 7) is 4.87. The van der Waals surface area contributed by atoms with Gasteiger partial charge in [-0.15, -0.1) is 0 Å². The zero-order valence-electron chi connectivity index (χ0n) is 11.4. The van der Waals surface area contributed by atoms with Gasteiger partial charge in [-0.2, -0.15) is 0 Å². The van der Waals surface area contributed by atoms with Gasteiger partial charge in [0, 0.05) is 6.54 Å². The van der Waals surface area contributed by atoms with Gasteiger partial charge in [0.15, 0.2) is 11.5 Å². The van der Waals surface area contributed by atoms with E-state index in [-0.39, 0.29) is 0 Å². The third-order valence-corrected chi connectivity index (χ3v) is 3.15. The normalized spacial score (nSPS) is 14.6. The summed E-state index contributed by atoms with van der Waals surface area (Å²) in [6, 6.07) is 6.17. The number of nitrogens with one attached hydrogen (secondary N) is 1. The number of hydrogen-bond acceptors (Lipinski definition) is 3. The Morgan fingerprint density at radius 1 is 1.28 bits per heavy atom. The van der Waals surface area contributed by atoms with Crippen molar-refractivity contribution in [3.8, 4) is 11.5 Å². The topological polar surface area (TPSA) is 30.5 Å². The fraction of sp³-hybridized carbons (Fsp3) is 0.600. The molecule has 0 aliphatic heterocycles. The van der Waals surface area contributed by atoms with Gasteiger partial charge in [0.1, 0.15) is 0 Å². The van der Waals surface area contributed by atoms with Crippen molar-refractivity contribution in [3.63, 3.8) is 0 Å². The van der Waals surface area contributed by atoms with Gasteiger partial charge >= 0.3 is 0 Å². The minimum absolute atomic E-state index is 0.732. The first-order chi connectivity index (χ1) is 8.83. The highest BCUT2D eigenvalue weighted by atomic mass is 16.5. The molecule has 2 rings (SSSR count). The van der Waals surface area contributed by atoms with Crippen molar-refractivity contribution in [2.45, 2.75) is 32.7 Å². The maximum atomic E-state index is 5.64. The summed E-state index contributed by atoms with van der Waals surface area (Å²) in [5.74, 6) is 2.58. The minimum Gasteiger partial charge on any atom is -0.493 e. The fourth-order valence-corrected chi connectivity index (χ4v) is 1.90. The van der Waals surface area contributed by atoms with Crippen LogP contribution >= 0.6 is 0 Å². The summed E-state index contributed by atoms with van der Waals surface area (Å²) in [7, 11) is 1.69. The molecule has 0 atom stereocenters. The molecule has 3 heteroatoms. The fourth-order valence-electron chi connectivity index (χ4n) is 1.90. The van der Waals surface area contributed by atoms with Crippen molar-refractivity contribution in [2.24, 2.45) is 5.92 Å². The lowest BCUT2D eigenvalue weighted by molar-refractivity contribution is 0.294. The van der Waals surface area contributed by atoms with Gasteiger partial charge in [0.2, 0.25) is 0 Å². The molecule has 1 aromatic rings. The summed E-state index contributed by atoms with van der Waals surface area (Å²) in [5.41, 5.74) is 1.25. The Morgan fingerprint density at radius 3 is 2.78 bits per heavy atom. The summed E-state index contributed by atoms with van der Waals surface area (Å²) < 4.78 is 11.0. The number of methoxy groups -OCH3 is 1. The standard InChI is InChI=1S/C15H23NO2/c1-3-8-18-14-7-6-13(9-15(14)17-2)11-16-10-12-4-5-12/h6-7,9,12,16H,3-5,8,10-11H2,1-2H3. The lowest BCUT2D eigenvalue weighted by Gasteiger charge is -2.12. The maximum Gasteiger partial charge on any atom is 0.161 e. The van der Waals surface area contributed by atoms with Crippen molar-refractivity contribution in [1.29, 1.82) is 0 Å². The van der Waals surface area contributed by atoms with Crippen LogP contribution < -0.4 is 14.8 Å². The Labute approximate surface area is 109 Å². The van der Waals surface area contributed by atoms with Gasteiger partial charge in [-0.25, -0.2) is 0 Å². The van der Waals surface area contributed by atoms with Crippen molar-refractivity contribution < 1.29 is 9.47 Å². The number of rotatable bonds is 8. The van der Waals surface area contributed by atoms with Crippen molar-refractivity contribution >= 4 is 0 Å². The minimum atomic E-state index is 0.732. The van der Waals surface area contributed by atoms with E-state index in [4.69, 9.17) is 9.47 Å². The molecule has 0 saturated heterocycles. The molecule has 1 fully saturated rings. The zero-order chi connectivity index (χ0) is 12.8. The molecule has 3 nitrogen and oxygen atoms in total. The number of hydrogen-bond donors (Lipinski definition) is 1. The molecule has 0 aromatic heterocycles. The van der Waals surface area contributed by atoms with Crippen LogP contribution in [0.5, 0.6) is 11.5 Å². The Kier molecular flexibility index (Phi) is 4.88. The SMILES string of the molecule is CCCOc1ccc(CNCC2CC2)cc1OC. The van der Waals surface area contributed by atoms with E-state index in [1.54, 1.807) is 7.11 Å². The second-order valence-electron chi connectivity index (χ2n) is 4.91. The molecule has 0 heterocycles. The lowest BCUT2D eigenvalue weighted by Crippen LogP contribution is -2.16. The highest BCUT2D eigenvalue weighted by Gasteiger charge is 2.20. The first-order valence-corrected chi connectivity index (χ1v) is 6.84. The molecule has 100 valence electrons. The maximum absolute atomic E-state index is 5.64. The number of benzene rings is 1. The molecular weight excluding hydrogens is 226 g/mol.